The third-order valence-electron chi connectivity index (χ3n) is 3.38. The zero-order valence-electron chi connectivity index (χ0n) is 13.1. The first-order valence-electron chi connectivity index (χ1n) is 7.18. The number of carbonyl (C=O) groups excluding carboxylic acids is 1. The second-order valence-corrected chi connectivity index (χ2v) is 8.26. The van der Waals surface area contributed by atoms with Crippen LogP contribution in [0.2, 0.25) is 0 Å². The van der Waals surface area contributed by atoms with Crippen molar-refractivity contribution in [1.82, 2.24) is 10.2 Å². The molecule has 1 aromatic heterocycles. The molecule has 1 aliphatic rings. The number of carbonyl (C=O) groups is 1. The number of nitrogens with one attached hydrogen (secondary N) is 2. The molecule has 1 amide bonds. The minimum Gasteiger partial charge on any atom is -0.480 e. The predicted octanol–water partition coefficient (Wildman–Crippen LogP) is 1.55. The normalized spacial score (nSPS) is 16.8. The van der Waals surface area contributed by atoms with Gasteiger partial charge in [0.1, 0.15) is 5.75 Å². The lowest BCUT2D eigenvalue weighted by Gasteiger charge is -2.25. The minimum absolute atomic E-state index is 0.0955. The fourth-order valence-electron chi connectivity index (χ4n) is 2.36. The molecule has 2 heterocycles. The van der Waals surface area contributed by atoms with E-state index in [1.807, 2.05) is 19.1 Å². The highest BCUT2D eigenvalue weighted by Gasteiger charge is 2.27. The number of hydrogen-bond donors (Lipinski definition) is 2. The van der Waals surface area contributed by atoms with Crippen LogP contribution in [0.4, 0.5) is 10.3 Å². The number of aromatic nitrogens is 2. The maximum Gasteiger partial charge on any atom is 0.267 e. The lowest BCUT2D eigenvalue weighted by molar-refractivity contribution is -0.123. The number of rotatable bonds is 4. The van der Waals surface area contributed by atoms with Crippen molar-refractivity contribution in [1.29, 1.82) is 0 Å². The minimum atomic E-state index is -3.43. The quantitative estimate of drug-likeness (QED) is 0.847. The molecule has 0 fully saturated rings. The average Bonchev–Trinajstić information content (AvgIpc) is 2.91. The van der Waals surface area contributed by atoms with Gasteiger partial charge in [-0.25, -0.2) is 8.42 Å². The van der Waals surface area contributed by atoms with Crippen LogP contribution in [-0.4, -0.2) is 36.9 Å². The van der Waals surface area contributed by atoms with Crippen molar-refractivity contribution >= 4 is 37.5 Å². The Hall–Kier alpha value is -2.20. The van der Waals surface area contributed by atoms with E-state index in [-0.39, 0.29) is 16.2 Å². The van der Waals surface area contributed by atoms with E-state index in [1.165, 1.54) is 0 Å². The van der Waals surface area contributed by atoms with Gasteiger partial charge in [0, 0.05) is 0 Å². The van der Waals surface area contributed by atoms with E-state index in [0.717, 1.165) is 35.1 Å². The van der Waals surface area contributed by atoms with Gasteiger partial charge in [-0.1, -0.05) is 29.0 Å². The van der Waals surface area contributed by atoms with Gasteiger partial charge < -0.3 is 4.74 Å². The second-order valence-electron chi connectivity index (χ2n) is 5.53. The molecule has 1 aliphatic heterocycles. The molecule has 2 N–H and O–H groups in total. The summed E-state index contributed by atoms with van der Waals surface area (Å²) in [6, 6.07) is 5.85. The molecule has 0 spiro atoms. The molecule has 1 atom stereocenters. The number of anilines is 2. The number of ether oxygens (including phenoxy) is 1. The van der Waals surface area contributed by atoms with E-state index < -0.39 is 16.1 Å². The van der Waals surface area contributed by atoms with Crippen LogP contribution < -0.4 is 14.8 Å². The molecular weight excluding hydrogens is 352 g/mol. The Morgan fingerprint density at radius 2 is 2.08 bits per heavy atom. The van der Waals surface area contributed by atoms with Crippen LogP contribution in [0.5, 0.6) is 5.75 Å². The number of sulfonamides is 1. The van der Waals surface area contributed by atoms with E-state index >= 15 is 0 Å². The zero-order chi connectivity index (χ0) is 17.3. The van der Waals surface area contributed by atoms with Gasteiger partial charge in [-0.3, -0.25) is 14.8 Å². The van der Waals surface area contributed by atoms with Gasteiger partial charge in [0.2, 0.25) is 20.3 Å². The van der Waals surface area contributed by atoms with E-state index in [9.17, 15) is 13.2 Å². The first-order valence-corrected chi connectivity index (χ1v) is 9.89. The molecule has 10 heteroatoms. The highest BCUT2D eigenvalue weighted by molar-refractivity contribution is 7.92. The summed E-state index contributed by atoms with van der Waals surface area (Å²) in [4.78, 5) is 12.3. The highest BCUT2D eigenvalue weighted by Crippen LogP contribution is 2.29. The molecule has 0 saturated carbocycles. The SMILES string of the molecule is Cc1ccc2c(c1)CC[C@@H](C(=O)Nc1nnc(NS(C)(=O)=O)s1)O2. The average molecular weight is 368 g/mol. The maximum atomic E-state index is 12.3. The van der Waals surface area contributed by atoms with E-state index in [1.54, 1.807) is 0 Å². The molecule has 0 unspecified atom stereocenters. The zero-order valence-corrected chi connectivity index (χ0v) is 14.7. The summed E-state index contributed by atoms with van der Waals surface area (Å²) in [6.45, 7) is 2.01. The van der Waals surface area contributed by atoms with Gasteiger partial charge in [-0.05, 0) is 31.4 Å². The molecular formula is C14H16N4O4S2. The Labute approximate surface area is 143 Å². The van der Waals surface area contributed by atoms with Crippen molar-refractivity contribution in [2.45, 2.75) is 25.9 Å². The van der Waals surface area contributed by atoms with Crippen LogP contribution in [-0.2, 0) is 21.2 Å². The van der Waals surface area contributed by atoms with E-state index in [4.69, 9.17) is 4.74 Å². The third-order valence-corrected chi connectivity index (χ3v) is 4.83. The molecule has 0 saturated heterocycles. The van der Waals surface area contributed by atoms with E-state index in [0.29, 0.717) is 12.2 Å². The van der Waals surface area contributed by atoms with Gasteiger partial charge >= 0.3 is 0 Å². The molecule has 0 aliphatic carbocycles. The topological polar surface area (TPSA) is 110 Å². The predicted molar refractivity (Wildman–Crippen MR) is 90.9 cm³/mol. The number of benzene rings is 1. The summed E-state index contributed by atoms with van der Waals surface area (Å²) in [5, 5.41) is 10.3. The number of fused-ring (bicyclic) bond motifs is 1. The fraction of sp³-hybridized carbons (Fsp3) is 0.357. The van der Waals surface area contributed by atoms with E-state index in [2.05, 4.69) is 26.3 Å². The molecule has 128 valence electrons. The van der Waals surface area contributed by atoms with Crippen LogP contribution >= 0.6 is 11.3 Å². The lowest BCUT2D eigenvalue weighted by atomic mass is 10.00. The first kappa shape index (κ1) is 16.7. The molecule has 24 heavy (non-hydrogen) atoms. The smallest absolute Gasteiger partial charge is 0.267 e. The summed E-state index contributed by atoms with van der Waals surface area (Å²) >= 11 is 0.940. The van der Waals surface area contributed by atoms with Gasteiger partial charge in [0.15, 0.2) is 6.10 Å². The molecule has 2 aromatic rings. The Balaban J connectivity index is 1.65. The number of aryl methyl sites for hydroxylation is 2. The summed E-state index contributed by atoms with van der Waals surface area (Å²) in [6.07, 6.45) is 1.72. The Bertz CT molecular complexity index is 879. The lowest BCUT2D eigenvalue weighted by Crippen LogP contribution is -2.35. The summed E-state index contributed by atoms with van der Waals surface area (Å²) in [7, 11) is -3.43. The third kappa shape index (κ3) is 4.01. The molecule has 8 nitrogen and oxygen atoms in total. The van der Waals surface area contributed by atoms with Crippen molar-refractivity contribution in [3.05, 3.63) is 29.3 Å². The summed E-state index contributed by atoms with van der Waals surface area (Å²) in [5.74, 6) is 0.381. The fourth-order valence-corrected chi connectivity index (χ4v) is 3.84. The van der Waals surface area contributed by atoms with Gasteiger partial charge in [-0.2, -0.15) is 0 Å². The standard InChI is InChI=1S/C14H16N4O4S2/c1-8-3-5-10-9(7-8)4-6-11(22-10)12(19)15-13-16-17-14(23-13)18-24(2,20)21/h3,5,7,11H,4,6H2,1-2H3,(H,17,18)(H,15,16,19)/t11-/m0/s1. The summed E-state index contributed by atoms with van der Waals surface area (Å²) < 4.78 is 30.2. The largest absolute Gasteiger partial charge is 0.480 e. The Morgan fingerprint density at radius 1 is 1.33 bits per heavy atom. The molecule has 0 bridgehead atoms. The van der Waals surface area contributed by atoms with Crippen molar-refractivity contribution in [3.63, 3.8) is 0 Å². The van der Waals surface area contributed by atoms with Gasteiger partial charge in [0.25, 0.3) is 5.91 Å². The van der Waals surface area contributed by atoms with Crippen molar-refractivity contribution in [2.24, 2.45) is 0 Å². The maximum absolute atomic E-state index is 12.3. The second kappa shape index (κ2) is 6.36. The highest BCUT2D eigenvalue weighted by atomic mass is 32.2. The van der Waals surface area contributed by atoms with Crippen LogP contribution in [0, 0.1) is 6.92 Å². The molecule has 3 rings (SSSR count). The van der Waals surface area contributed by atoms with Crippen molar-refractivity contribution in [3.8, 4) is 5.75 Å². The van der Waals surface area contributed by atoms with Crippen LogP contribution in [0.25, 0.3) is 0 Å². The molecule has 1 aromatic carbocycles. The Morgan fingerprint density at radius 3 is 2.83 bits per heavy atom. The van der Waals surface area contributed by atoms with Gasteiger partial charge in [0.05, 0.1) is 6.26 Å². The van der Waals surface area contributed by atoms with Crippen molar-refractivity contribution < 1.29 is 17.9 Å². The monoisotopic (exact) mass is 368 g/mol. The number of hydrogen-bond acceptors (Lipinski definition) is 7. The van der Waals surface area contributed by atoms with Crippen LogP contribution in [0.3, 0.4) is 0 Å². The van der Waals surface area contributed by atoms with Gasteiger partial charge in [-0.15, -0.1) is 10.2 Å². The first-order chi connectivity index (χ1) is 11.3. The number of amides is 1. The van der Waals surface area contributed by atoms with Crippen LogP contribution in [0.1, 0.15) is 17.5 Å². The Kier molecular flexibility index (Phi) is 4.41. The summed E-state index contributed by atoms with van der Waals surface area (Å²) in [5.41, 5.74) is 2.25. The number of nitrogens with zero attached hydrogens (tertiary/aromatic N) is 2. The van der Waals surface area contributed by atoms with Crippen molar-refractivity contribution in [2.75, 3.05) is 16.3 Å². The van der Waals surface area contributed by atoms with Crippen LogP contribution in [0.15, 0.2) is 18.2 Å². The molecule has 0 radical (unpaired) electrons.